The van der Waals surface area contributed by atoms with Crippen LogP contribution in [0.5, 0.6) is 0 Å². The molecule has 2 aliphatic rings. The van der Waals surface area contributed by atoms with Gasteiger partial charge in [-0.2, -0.15) is 0 Å². The number of rotatable bonds is 7. The zero-order valence-corrected chi connectivity index (χ0v) is 13.1. The third-order valence-corrected chi connectivity index (χ3v) is 3.97. The first-order valence-electron chi connectivity index (χ1n) is 8.25. The molecule has 2 rings (SSSR count). The maximum Gasteiger partial charge on any atom is 0.112 e. The summed E-state index contributed by atoms with van der Waals surface area (Å²) in [6.45, 7) is 10.4. The highest BCUT2D eigenvalue weighted by atomic mass is 16.5. The van der Waals surface area contributed by atoms with E-state index in [2.05, 4.69) is 30.1 Å². The zero-order valence-electron chi connectivity index (χ0n) is 13.1. The molecular formula is C16H30N2O2. The summed E-state index contributed by atoms with van der Waals surface area (Å²) < 4.78 is 11.9. The molecule has 0 saturated carbocycles. The molecule has 2 heterocycles. The molecule has 1 N–H and O–H groups in total. The van der Waals surface area contributed by atoms with E-state index < -0.39 is 0 Å². The zero-order chi connectivity index (χ0) is 14.2. The van der Waals surface area contributed by atoms with E-state index >= 15 is 0 Å². The van der Waals surface area contributed by atoms with Crippen LogP contribution in [0.25, 0.3) is 0 Å². The summed E-state index contributed by atoms with van der Waals surface area (Å²) in [5, 5.41) is 3.63. The van der Waals surface area contributed by atoms with Gasteiger partial charge < -0.3 is 14.8 Å². The Bertz CT molecular complexity index is 305. The highest BCUT2D eigenvalue weighted by Gasteiger charge is 2.31. The third kappa shape index (κ3) is 4.47. The second-order valence-corrected chi connectivity index (χ2v) is 5.74. The molecule has 116 valence electrons. The lowest BCUT2D eigenvalue weighted by atomic mass is 10.0. The molecule has 1 fully saturated rings. The van der Waals surface area contributed by atoms with Crippen LogP contribution in [-0.4, -0.2) is 56.4 Å². The minimum Gasteiger partial charge on any atom is -0.496 e. The van der Waals surface area contributed by atoms with E-state index in [4.69, 9.17) is 9.47 Å². The van der Waals surface area contributed by atoms with Crippen molar-refractivity contribution in [3.63, 3.8) is 0 Å². The van der Waals surface area contributed by atoms with E-state index in [0.29, 0.717) is 0 Å². The van der Waals surface area contributed by atoms with Gasteiger partial charge in [0, 0.05) is 13.1 Å². The molecule has 0 aromatic rings. The summed E-state index contributed by atoms with van der Waals surface area (Å²) in [5.41, 5.74) is 0. The van der Waals surface area contributed by atoms with E-state index in [1.807, 2.05) is 0 Å². The van der Waals surface area contributed by atoms with Crippen LogP contribution in [0.2, 0.25) is 0 Å². The number of allylic oxidation sites excluding steroid dienone is 1. The highest BCUT2D eigenvalue weighted by Crippen LogP contribution is 2.20. The number of nitrogens with one attached hydrogen (secondary N) is 1. The second kappa shape index (κ2) is 8.65. The molecule has 0 bridgehead atoms. The van der Waals surface area contributed by atoms with Crippen molar-refractivity contribution in [1.82, 2.24) is 10.2 Å². The Labute approximate surface area is 123 Å². The van der Waals surface area contributed by atoms with Crippen LogP contribution in [0.3, 0.4) is 0 Å². The van der Waals surface area contributed by atoms with Gasteiger partial charge in [-0.1, -0.05) is 13.8 Å². The van der Waals surface area contributed by atoms with Crippen molar-refractivity contribution >= 4 is 0 Å². The third-order valence-electron chi connectivity index (χ3n) is 3.97. The number of morpholine rings is 1. The fourth-order valence-electron chi connectivity index (χ4n) is 2.96. The van der Waals surface area contributed by atoms with Gasteiger partial charge in [0.1, 0.15) is 5.76 Å². The first-order valence-corrected chi connectivity index (χ1v) is 8.25. The average Bonchev–Trinajstić information content (AvgIpc) is 2.50. The van der Waals surface area contributed by atoms with Gasteiger partial charge in [0.2, 0.25) is 0 Å². The lowest BCUT2D eigenvalue weighted by molar-refractivity contribution is -0.0496. The summed E-state index contributed by atoms with van der Waals surface area (Å²) in [6, 6.07) is 0.218. The van der Waals surface area contributed by atoms with Crippen molar-refractivity contribution in [3.05, 3.63) is 11.8 Å². The first kappa shape index (κ1) is 15.8. The summed E-state index contributed by atoms with van der Waals surface area (Å²) in [5.74, 6) is 1.10. The van der Waals surface area contributed by atoms with E-state index in [0.717, 1.165) is 57.9 Å². The van der Waals surface area contributed by atoms with Gasteiger partial charge in [-0.25, -0.2) is 0 Å². The molecule has 0 aromatic carbocycles. The monoisotopic (exact) mass is 282 g/mol. The number of hydrogen-bond acceptors (Lipinski definition) is 4. The predicted octanol–water partition coefficient (Wildman–Crippen LogP) is 2.16. The molecular weight excluding hydrogens is 252 g/mol. The van der Waals surface area contributed by atoms with E-state index in [1.54, 1.807) is 0 Å². The van der Waals surface area contributed by atoms with Crippen LogP contribution < -0.4 is 5.32 Å². The van der Waals surface area contributed by atoms with Crippen molar-refractivity contribution in [2.24, 2.45) is 0 Å². The van der Waals surface area contributed by atoms with Gasteiger partial charge in [0.05, 0.1) is 25.4 Å². The number of hydrogen-bond donors (Lipinski definition) is 1. The molecule has 4 heteroatoms. The Morgan fingerprint density at radius 2 is 2.25 bits per heavy atom. The van der Waals surface area contributed by atoms with Gasteiger partial charge in [-0.05, 0) is 44.8 Å². The predicted molar refractivity (Wildman–Crippen MR) is 81.8 cm³/mol. The van der Waals surface area contributed by atoms with Crippen LogP contribution >= 0.6 is 0 Å². The fraction of sp³-hybridized carbons (Fsp3) is 0.875. The fourth-order valence-corrected chi connectivity index (χ4v) is 2.96. The van der Waals surface area contributed by atoms with Crippen molar-refractivity contribution < 1.29 is 9.47 Å². The molecule has 20 heavy (non-hydrogen) atoms. The standard InChI is InChI=1S/C16H30N2O2/c1-3-8-17-16(14-7-5-6-11-19-14)15-13-18(9-4-2)10-12-20-15/h7,15-17H,3-6,8-13H2,1-2H3. The SMILES string of the molecule is CCCNC(C1=CCCCO1)C1CN(CCC)CCO1. The lowest BCUT2D eigenvalue weighted by Gasteiger charge is -2.38. The van der Waals surface area contributed by atoms with Crippen molar-refractivity contribution in [1.29, 1.82) is 0 Å². The van der Waals surface area contributed by atoms with Crippen LogP contribution in [0.4, 0.5) is 0 Å². The quantitative estimate of drug-likeness (QED) is 0.776. The van der Waals surface area contributed by atoms with Crippen LogP contribution in [-0.2, 0) is 9.47 Å². The molecule has 0 spiro atoms. The molecule has 0 aromatic heterocycles. The van der Waals surface area contributed by atoms with E-state index in [1.165, 1.54) is 13.0 Å². The summed E-state index contributed by atoms with van der Waals surface area (Å²) in [7, 11) is 0. The molecule has 2 unspecified atom stereocenters. The van der Waals surface area contributed by atoms with E-state index in [-0.39, 0.29) is 12.1 Å². The Hall–Kier alpha value is -0.580. The smallest absolute Gasteiger partial charge is 0.112 e. The minimum absolute atomic E-state index is 0.214. The van der Waals surface area contributed by atoms with E-state index in [9.17, 15) is 0 Å². The van der Waals surface area contributed by atoms with Gasteiger partial charge in [0.15, 0.2) is 0 Å². The highest BCUT2D eigenvalue weighted by molar-refractivity contribution is 5.09. The van der Waals surface area contributed by atoms with Crippen molar-refractivity contribution in [2.75, 3.05) is 39.4 Å². The molecule has 0 radical (unpaired) electrons. The molecule has 2 atom stereocenters. The van der Waals surface area contributed by atoms with Gasteiger partial charge >= 0.3 is 0 Å². The minimum atomic E-state index is 0.214. The lowest BCUT2D eigenvalue weighted by Crippen LogP contribution is -2.53. The van der Waals surface area contributed by atoms with Crippen LogP contribution in [0, 0.1) is 0 Å². The molecule has 2 aliphatic heterocycles. The van der Waals surface area contributed by atoms with Crippen LogP contribution in [0.15, 0.2) is 11.8 Å². The Kier molecular flexibility index (Phi) is 6.83. The first-order chi connectivity index (χ1) is 9.85. The van der Waals surface area contributed by atoms with Crippen molar-refractivity contribution in [3.8, 4) is 0 Å². The number of nitrogens with zero attached hydrogens (tertiary/aromatic N) is 1. The molecule has 1 saturated heterocycles. The number of ether oxygens (including phenoxy) is 2. The molecule has 0 aliphatic carbocycles. The Morgan fingerprint density at radius 3 is 2.95 bits per heavy atom. The summed E-state index contributed by atoms with van der Waals surface area (Å²) in [6.07, 6.45) is 7.07. The maximum absolute atomic E-state index is 6.04. The Morgan fingerprint density at radius 1 is 1.35 bits per heavy atom. The van der Waals surface area contributed by atoms with Crippen LogP contribution in [0.1, 0.15) is 39.5 Å². The van der Waals surface area contributed by atoms with Gasteiger partial charge in [-0.3, -0.25) is 4.90 Å². The summed E-state index contributed by atoms with van der Waals surface area (Å²) in [4.78, 5) is 2.51. The topological polar surface area (TPSA) is 33.7 Å². The molecule has 4 nitrogen and oxygen atoms in total. The maximum atomic E-state index is 6.04. The summed E-state index contributed by atoms with van der Waals surface area (Å²) >= 11 is 0. The van der Waals surface area contributed by atoms with Crippen molar-refractivity contribution in [2.45, 2.75) is 51.7 Å². The Balaban J connectivity index is 1.99. The van der Waals surface area contributed by atoms with Gasteiger partial charge in [0.25, 0.3) is 0 Å². The van der Waals surface area contributed by atoms with Gasteiger partial charge in [-0.15, -0.1) is 0 Å². The largest absolute Gasteiger partial charge is 0.496 e. The second-order valence-electron chi connectivity index (χ2n) is 5.74. The molecule has 0 amide bonds. The average molecular weight is 282 g/mol. The normalized spacial score (nSPS) is 25.9.